The zero-order chi connectivity index (χ0) is 19.7. The molecule has 3 heterocycles. The second-order valence-corrected chi connectivity index (χ2v) is 9.12. The maximum Gasteiger partial charge on any atom is 0.261 e. The molecule has 2 aromatic heterocycles. The van der Waals surface area contributed by atoms with Crippen molar-refractivity contribution >= 4 is 28.7 Å². The molecule has 1 aromatic carbocycles. The summed E-state index contributed by atoms with van der Waals surface area (Å²) in [7, 11) is 0. The molecule has 29 heavy (non-hydrogen) atoms. The minimum absolute atomic E-state index is 0. The summed E-state index contributed by atoms with van der Waals surface area (Å²) in [5.41, 5.74) is 3.21. The van der Waals surface area contributed by atoms with Crippen molar-refractivity contribution in [2.75, 3.05) is 19.6 Å². The summed E-state index contributed by atoms with van der Waals surface area (Å²) in [6.45, 7) is 7.23. The predicted molar refractivity (Wildman–Crippen MR) is 119 cm³/mol. The van der Waals surface area contributed by atoms with Gasteiger partial charge in [-0.15, -0.1) is 23.7 Å². The summed E-state index contributed by atoms with van der Waals surface area (Å²) in [6.07, 6.45) is 5.76. The maximum atomic E-state index is 13.1. The van der Waals surface area contributed by atoms with Gasteiger partial charge in [0.25, 0.3) is 5.56 Å². The largest absolute Gasteiger partial charge is 0.303 e. The molecular weight excluding hydrogens is 409 g/mol. The molecule has 0 atom stereocenters. The summed E-state index contributed by atoms with van der Waals surface area (Å²) < 4.78 is 14.8. The highest BCUT2D eigenvalue weighted by Gasteiger charge is 2.30. The van der Waals surface area contributed by atoms with E-state index < -0.39 is 0 Å². The van der Waals surface area contributed by atoms with Gasteiger partial charge in [0.2, 0.25) is 0 Å². The first-order chi connectivity index (χ1) is 13.4. The molecule has 0 saturated carbocycles. The second-order valence-electron chi connectivity index (χ2n) is 8.24. The Balaban J connectivity index is 0.00000240. The van der Waals surface area contributed by atoms with Gasteiger partial charge >= 0.3 is 0 Å². The van der Waals surface area contributed by atoms with Crippen molar-refractivity contribution in [3.63, 3.8) is 0 Å². The average Bonchev–Trinajstić information content (AvgIpc) is 3.13. The Morgan fingerprint density at radius 3 is 2.59 bits per heavy atom. The van der Waals surface area contributed by atoms with Gasteiger partial charge in [-0.25, -0.2) is 9.37 Å². The van der Waals surface area contributed by atoms with Crippen LogP contribution in [0, 0.1) is 18.2 Å². The Labute approximate surface area is 180 Å². The summed E-state index contributed by atoms with van der Waals surface area (Å²) in [6, 6.07) is 6.90. The zero-order valence-corrected chi connectivity index (χ0v) is 18.5. The van der Waals surface area contributed by atoms with Gasteiger partial charge in [-0.05, 0) is 68.8 Å². The molecule has 1 saturated heterocycles. The van der Waals surface area contributed by atoms with Crippen molar-refractivity contribution in [3.8, 4) is 0 Å². The fraction of sp³-hybridized carbons (Fsp3) is 0.455. The Hall–Kier alpha value is -1.76. The van der Waals surface area contributed by atoms with Crippen molar-refractivity contribution in [1.29, 1.82) is 0 Å². The van der Waals surface area contributed by atoms with Gasteiger partial charge in [-0.3, -0.25) is 9.20 Å². The van der Waals surface area contributed by atoms with Gasteiger partial charge in [0.15, 0.2) is 4.96 Å². The summed E-state index contributed by atoms with van der Waals surface area (Å²) >= 11 is 1.49. The summed E-state index contributed by atoms with van der Waals surface area (Å²) in [4.78, 5) is 20.5. The van der Waals surface area contributed by atoms with E-state index in [1.54, 1.807) is 22.7 Å². The van der Waals surface area contributed by atoms with Gasteiger partial charge in [0, 0.05) is 29.4 Å². The van der Waals surface area contributed by atoms with E-state index in [0.29, 0.717) is 0 Å². The van der Waals surface area contributed by atoms with Crippen LogP contribution < -0.4 is 5.56 Å². The molecule has 0 radical (unpaired) electrons. The number of aromatic nitrogens is 2. The SMILES string of the molecule is Cc1nc2sccn2c(=O)c1CCN1CCC(C)(Cc2ccc(F)cc2)CC1.Cl. The number of halogens is 2. The molecule has 1 fully saturated rings. The van der Waals surface area contributed by atoms with Crippen LogP contribution in [0.1, 0.15) is 36.6 Å². The molecular formula is C22H27ClFN3OS. The standard InChI is InChI=1S/C22H26FN3OS.ClH/c1-16-19(20(27)26-13-14-28-21(26)24-16)7-10-25-11-8-22(2,9-12-25)15-17-3-5-18(23)6-4-17;/h3-6,13-14H,7-12,15H2,1-2H3;1H. The van der Waals surface area contributed by atoms with Crippen LogP contribution >= 0.6 is 23.7 Å². The molecule has 0 spiro atoms. The minimum Gasteiger partial charge on any atom is -0.303 e. The molecule has 0 N–H and O–H groups in total. The van der Waals surface area contributed by atoms with Crippen molar-refractivity contribution in [1.82, 2.24) is 14.3 Å². The molecule has 3 aromatic rings. The van der Waals surface area contributed by atoms with E-state index in [0.717, 1.165) is 61.5 Å². The van der Waals surface area contributed by atoms with Gasteiger partial charge in [0.05, 0.1) is 0 Å². The van der Waals surface area contributed by atoms with Crippen molar-refractivity contribution in [2.45, 2.75) is 39.5 Å². The molecule has 7 heteroatoms. The second kappa shape index (κ2) is 8.94. The highest BCUT2D eigenvalue weighted by molar-refractivity contribution is 7.15. The fourth-order valence-corrected chi connectivity index (χ4v) is 4.92. The molecule has 0 aliphatic carbocycles. The smallest absolute Gasteiger partial charge is 0.261 e. The number of rotatable bonds is 5. The Kier molecular flexibility index (Phi) is 6.76. The Morgan fingerprint density at radius 2 is 1.90 bits per heavy atom. The number of hydrogen-bond acceptors (Lipinski definition) is 4. The first kappa shape index (κ1) is 21.9. The van der Waals surface area contributed by atoms with Crippen LogP contribution in [-0.4, -0.2) is 33.9 Å². The Morgan fingerprint density at radius 1 is 1.21 bits per heavy atom. The van der Waals surface area contributed by atoms with Crippen LogP contribution in [0.5, 0.6) is 0 Å². The summed E-state index contributed by atoms with van der Waals surface area (Å²) in [5.74, 6) is -0.176. The number of nitrogens with zero attached hydrogens (tertiary/aromatic N) is 3. The number of hydrogen-bond donors (Lipinski definition) is 0. The molecule has 4 nitrogen and oxygen atoms in total. The number of likely N-dealkylation sites (tertiary alicyclic amines) is 1. The highest BCUT2D eigenvalue weighted by atomic mass is 35.5. The van der Waals surface area contributed by atoms with Gasteiger partial charge in [-0.2, -0.15) is 0 Å². The third-order valence-electron chi connectivity index (χ3n) is 6.05. The average molecular weight is 436 g/mol. The lowest BCUT2D eigenvalue weighted by atomic mass is 9.75. The van der Waals surface area contributed by atoms with E-state index >= 15 is 0 Å². The van der Waals surface area contributed by atoms with Gasteiger partial charge < -0.3 is 4.90 Å². The first-order valence-electron chi connectivity index (χ1n) is 9.86. The third kappa shape index (κ3) is 4.87. The van der Waals surface area contributed by atoms with E-state index in [2.05, 4.69) is 16.8 Å². The van der Waals surface area contributed by atoms with Gasteiger partial charge in [0.1, 0.15) is 5.82 Å². The molecule has 156 valence electrons. The van der Waals surface area contributed by atoms with E-state index in [1.807, 2.05) is 24.4 Å². The van der Waals surface area contributed by atoms with Crippen LogP contribution in [0.25, 0.3) is 4.96 Å². The van der Waals surface area contributed by atoms with E-state index in [-0.39, 0.29) is 29.2 Å². The van der Waals surface area contributed by atoms with Gasteiger partial charge in [-0.1, -0.05) is 19.1 Å². The monoisotopic (exact) mass is 435 g/mol. The first-order valence-corrected chi connectivity index (χ1v) is 10.7. The number of aryl methyl sites for hydroxylation is 1. The zero-order valence-electron chi connectivity index (χ0n) is 16.9. The molecule has 1 aliphatic heterocycles. The van der Waals surface area contributed by atoms with Crippen molar-refractivity contribution in [3.05, 3.63) is 68.8 Å². The highest BCUT2D eigenvalue weighted by Crippen LogP contribution is 2.34. The molecule has 1 aliphatic rings. The van der Waals surface area contributed by atoms with Crippen molar-refractivity contribution < 1.29 is 4.39 Å². The topological polar surface area (TPSA) is 37.6 Å². The third-order valence-corrected chi connectivity index (χ3v) is 6.81. The van der Waals surface area contributed by atoms with Crippen LogP contribution in [0.3, 0.4) is 0 Å². The van der Waals surface area contributed by atoms with Crippen LogP contribution in [0.2, 0.25) is 0 Å². The normalized spacial score (nSPS) is 16.7. The molecule has 0 unspecified atom stereocenters. The van der Waals surface area contributed by atoms with Crippen molar-refractivity contribution in [2.24, 2.45) is 5.41 Å². The number of benzene rings is 1. The predicted octanol–water partition coefficient (Wildman–Crippen LogP) is 4.51. The maximum absolute atomic E-state index is 13.1. The van der Waals surface area contributed by atoms with E-state index in [9.17, 15) is 9.18 Å². The number of piperidine rings is 1. The van der Waals surface area contributed by atoms with Crippen LogP contribution in [-0.2, 0) is 12.8 Å². The van der Waals surface area contributed by atoms with E-state index in [1.165, 1.54) is 16.9 Å². The Bertz CT molecular complexity index is 1020. The fourth-order valence-electron chi connectivity index (χ4n) is 4.16. The van der Waals surface area contributed by atoms with E-state index in [4.69, 9.17) is 0 Å². The molecule has 0 bridgehead atoms. The lowest BCUT2D eigenvalue weighted by Gasteiger charge is -2.39. The number of thiazole rings is 1. The van der Waals surface area contributed by atoms with Crippen LogP contribution in [0.4, 0.5) is 4.39 Å². The minimum atomic E-state index is -0.176. The quantitative estimate of drug-likeness (QED) is 0.591. The van der Waals surface area contributed by atoms with Crippen LogP contribution in [0.15, 0.2) is 40.6 Å². The molecule has 4 rings (SSSR count). The lowest BCUT2D eigenvalue weighted by Crippen LogP contribution is -2.41. The number of fused-ring (bicyclic) bond motifs is 1. The molecule has 0 amide bonds. The lowest BCUT2D eigenvalue weighted by molar-refractivity contribution is 0.119. The summed E-state index contributed by atoms with van der Waals surface area (Å²) in [5, 5.41) is 1.90.